The lowest BCUT2D eigenvalue weighted by Crippen LogP contribution is -2.54. The lowest BCUT2D eigenvalue weighted by atomic mass is 10.0. The van der Waals surface area contributed by atoms with Crippen LogP contribution in [-0.2, 0) is 29.2 Å². The van der Waals surface area contributed by atoms with E-state index in [9.17, 15) is 40.8 Å². The first-order chi connectivity index (χ1) is 28.5. The Morgan fingerprint density at radius 1 is 1.05 bits per heavy atom. The number of sulfonamides is 1. The number of nitrogens with one attached hydrogen (secondary N) is 2. The number of aryl methyl sites for hydroxylation is 1. The van der Waals surface area contributed by atoms with Crippen molar-refractivity contribution < 1.29 is 54.7 Å². The molecule has 320 valence electrons. The molecular formula is C42H46F3N5O9S. The highest BCUT2D eigenvalue weighted by Crippen LogP contribution is 2.41. The summed E-state index contributed by atoms with van der Waals surface area (Å²) in [6.45, 7) is 1.73. The van der Waals surface area contributed by atoms with Gasteiger partial charge in [0.25, 0.3) is 0 Å². The first kappa shape index (κ1) is 42.5. The number of carbonyl (C=O) groups is 4. The van der Waals surface area contributed by atoms with E-state index in [0.29, 0.717) is 72.0 Å². The van der Waals surface area contributed by atoms with Crippen LogP contribution in [0.1, 0.15) is 63.4 Å². The van der Waals surface area contributed by atoms with E-state index in [2.05, 4.69) is 4.72 Å². The number of unbranched alkanes of at least 4 members (excludes halogenated alkanes) is 3. The summed E-state index contributed by atoms with van der Waals surface area (Å²) in [5, 5.41) is 1.99. The van der Waals surface area contributed by atoms with Gasteiger partial charge in [-0.3, -0.25) is 23.9 Å². The number of halogens is 3. The SMILES string of the molecule is COc1ccc2oc3c(O[C@@H]4C[C@@H](C(N)=O)N(C(=O)[C@H](CCCCC/C=C\[C@@H]5C[C@@H]5C(=O)NS(=O)(=O)C5CC5)NC(=O)C(F)(F)F)C4)cc(-c4ccc(C)cc4)nc3c2c1. The van der Waals surface area contributed by atoms with Crippen molar-refractivity contribution in [2.24, 2.45) is 17.6 Å². The molecular weight excluding hydrogens is 808 g/mol. The Kier molecular flexibility index (Phi) is 12.1. The number of likely N-dealkylation sites (tertiary alicyclic amines) is 1. The second-order valence-corrected chi connectivity index (χ2v) is 17.7. The van der Waals surface area contributed by atoms with Crippen LogP contribution >= 0.6 is 0 Å². The number of amides is 4. The third-order valence-corrected chi connectivity index (χ3v) is 12.9. The number of primary amides is 1. The smallest absolute Gasteiger partial charge is 0.471 e. The standard InChI is InChI=1S/C42H46F3N5O9S/c1-23-10-12-24(13-11-23)32-21-35(37-36(47-32)30-19-26(57-2)14-17-34(30)59-37)58-27-20-33(38(46)51)50(22-27)40(53)31(48-41(54)42(43,44)45)9-7-5-3-4-6-8-25-18-29(25)39(52)49-60(55,56)28-15-16-28/h6,8,10-14,17,19,21,25,27-29,31,33H,3-5,7,9,15-16,18,20,22H2,1-2H3,(H2,46,51)(H,48,54)(H,49,52)/b8-6-/t25-,27-,29+,31+,33+/m1/s1. The van der Waals surface area contributed by atoms with E-state index in [1.807, 2.05) is 48.7 Å². The summed E-state index contributed by atoms with van der Waals surface area (Å²) >= 11 is 0. The van der Waals surface area contributed by atoms with Gasteiger partial charge in [0.2, 0.25) is 27.7 Å². The molecule has 1 saturated heterocycles. The van der Waals surface area contributed by atoms with Crippen molar-refractivity contribution in [3.8, 4) is 22.8 Å². The van der Waals surface area contributed by atoms with E-state index in [-0.39, 0.29) is 37.5 Å². The molecule has 3 fully saturated rings. The average molecular weight is 854 g/mol. The van der Waals surface area contributed by atoms with Gasteiger partial charge in [0, 0.05) is 24.0 Å². The molecule has 60 heavy (non-hydrogen) atoms. The molecule has 0 bridgehead atoms. The van der Waals surface area contributed by atoms with E-state index >= 15 is 0 Å². The van der Waals surface area contributed by atoms with Crippen LogP contribution in [0.4, 0.5) is 13.2 Å². The minimum Gasteiger partial charge on any atom is -0.497 e. The second kappa shape index (κ2) is 17.1. The number of allylic oxidation sites excluding steroid dienone is 2. The molecule has 2 aliphatic carbocycles. The summed E-state index contributed by atoms with van der Waals surface area (Å²) in [4.78, 5) is 57.1. The predicted molar refractivity (Wildman–Crippen MR) is 214 cm³/mol. The van der Waals surface area contributed by atoms with Crippen molar-refractivity contribution >= 4 is 55.7 Å². The number of nitrogens with zero attached hydrogens (tertiary/aromatic N) is 2. The number of pyridine rings is 1. The van der Waals surface area contributed by atoms with Crippen LogP contribution in [-0.4, -0.2) is 85.2 Å². The molecule has 3 heterocycles. The fourth-order valence-electron chi connectivity index (χ4n) is 7.51. The molecule has 5 atom stereocenters. The summed E-state index contributed by atoms with van der Waals surface area (Å²) in [6, 6.07) is 11.7. The van der Waals surface area contributed by atoms with Crippen LogP contribution in [0.2, 0.25) is 0 Å². The number of nitrogens with two attached hydrogens (primary N) is 1. The maximum Gasteiger partial charge on any atom is 0.471 e. The average Bonchev–Trinajstić information content (AvgIpc) is 4.13. The molecule has 1 aliphatic heterocycles. The van der Waals surface area contributed by atoms with Crippen LogP contribution in [0.3, 0.4) is 0 Å². The molecule has 0 unspecified atom stereocenters. The van der Waals surface area contributed by atoms with Crippen molar-refractivity contribution in [3.05, 3.63) is 66.2 Å². The summed E-state index contributed by atoms with van der Waals surface area (Å²) in [7, 11) is -2.07. The predicted octanol–water partition coefficient (Wildman–Crippen LogP) is 5.60. The van der Waals surface area contributed by atoms with Crippen LogP contribution in [0.15, 0.2) is 65.1 Å². The molecule has 4 N–H and O–H groups in total. The Hall–Kier alpha value is -5.65. The lowest BCUT2D eigenvalue weighted by molar-refractivity contribution is -0.175. The summed E-state index contributed by atoms with van der Waals surface area (Å²) in [5.74, 6) is -4.24. The summed E-state index contributed by atoms with van der Waals surface area (Å²) < 4.78 is 84.7. The number of methoxy groups -OCH3 is 1. The van der Waals surface area contributed by atoms with E-state index in [0.717, 1.165) is 16.0 Å². The summed E-state index contributed by atoms with van der Waals surface area (Å²) in [5.41, 5.74) is 9.38. The highest BCUT2D eigenvalue weighted by molar-refractivity contribution is 7.90. The first-order valence-corrected chi connectivity index (χ1v) is 21.4. The zero-order valence-corrected chi connectivity index (χ0v) is 33.8. The largest absolute Gasteiger partial charge is 0.497 e. The van der Waals surface area contributed by atoms with Crippen molar-refractivity contribution in [1.82, 2.24) is 19.9 Å². The van der Waals surface area contributed by atoms with Gasteiger partial charge in [-0.15, -0.1) is 0 Å². The van der Waals surface area contributed by atoms with Gasteiger partial charge in [-0.1, -0.05) is 54.8 Å². The van der Waals surface area contributed by atoms with Gasteiger partial charge >= 0.3 is 12.1 Å². The molecule has 3 aliphatic rings. The number of rotatable bonds is 17. The van der Waals surface area contributed by atoms with Gasteiger partial charge in [0.1, 0.15) is 35.0 Å². The Labute approximate surface area is 344 Å². The van der Waals surface area contributed by atoms with Crippen molar-refractivity contribution in [2.45, 2.75) is 94.3 Å². The number of fused-ring (bicyclic) bond motifs is 3. The van der Waals surface area contributed by atoms with Gasteiger partial charge in [0.15, 0.2) is 11.3 Å². The molecule has 14 nitrogen and oxygen atoms in total. The minimum absolute atomic E-state index is 0.0758. The van der Waals surface area contributed by atoms with Gasteiger partial charge in [-0.2, -0.15) is 13.2 Å². The summed E-state index contributed by atoms with van der Waals surface area (Å²) in [6.07, 6.45) is 0.931. The van der Waals surface area contributed by atoms with Gasteiger partial charge in [-0.05, 0) is 69.6 Å². The normalized spacial score (nSPS) is 21.0. The lowest BCUT2D eigenvalue weighted by Gasteiger charge is -2.28. The topological polar surface area (TPSA) is 200 Å². The number of aromatic nitrogens is 1. The molecule has 2 aromatic carbocycles. The molecule has 7 rings (SSSR count). The second-order valence-electron chi connectivity index (χ2n) is 15.7. The number of hydrogen-bond donors (Lipinski definition) is 3. The van der Waals surface area contributed by atoms with Crippen LogP contribution in [0, 0.1) is 18.8 Å². The van der Waals surface area contributed by atoms with E-state index in [1.54, 1.807) is 24.3 Å². The third-order valence-electron chi connectivity index (χ3n) is 11.1. The highest BCUT2D eigenvalue weighted by atomic mass is 32.2. The number of ether oxygens (including phenoxy) is 2. The Morgan fingerprint density at radius 2 is 1.80 bits per heavy atom. The van der Waals surface area contributed by atoms with Gasteiger partial charge in [0.05, 0.1) is 30.0 Å². The Morgan fingerprint density at radius 3 is 2.48 bits per heavy atom. The quantitative estimate of drug-likeness (QED) is 0.0888. The van der Waals surface area contributed by atoms with Crippen LogP contribution < -0.4 is 25.2 Å². The monoisotopic (exact) mass is 853 g/mol. The molecule has 4 aromatic rings. The zero-order chi connectivity index (χ0) is 42.9. The molecule has 2 aromatic heterocycles. The number of furan rings is 1. The molecule has 2 saturated carbocycles. The Balaban J connectivity index is 1.02. The molecule has 0 spiro atoms. The van der Waals surface area contributed by atoms with Crippen LogP contribution in [0.25, 0.3) is 33.3 Å². The van der Waals surface area contributed by atoms with Gasteiger partial charge in [-0.25, -0.2) is 13.4 Å². The first-order valence-electron chi connectivity index (χ1n) is 19.9. The Bertz CT molecular complexity index is 2430. The fourth-order valence-corrected chi connectivity index (χ4v) is 8.86. The third kappa shape index (κ3) is 9.69. The van der Waals surface area contributed by atoms with E-state index in [1.165, 1.54) is 7.11 Å². The molecule has 4 amide bonds. The van der Waals surface area contributed by atoms with Crippen LogP contribution in [0.5, 0.6) is 11.5 Å². The van der Waals surface area contributed by atoms with Gasteiger partial charge < -0.3 is 29.8 Å². The van der Waals surface area contributed by atoms with Crippen molar-refractivity contribution in [2.75, 3.05) is 13.7 Å². The number of carbonyl (C=O) groups excluding carboxylic acids is 4. The zero-order valence-electron chi connectivity index (χ0n) is 33.0. The maximum absolute atomic E-state index is 14.0. The number of alkyl halides is 3. The number of hydrogen-bond acceptors (Lipinski definition) is 10. The molecule has 0 radical (unpaired) electrons. The molecule has 18 heteroatoms. The number of benzene rings is 2. The minimum atomic E-state index is -5.26. The maximum atomic E-state index is 14.0. The van der Waals surface area contributed by atoms with E-state index in [4.69, 9.17) is 24.6 Å². The fraction of sp³-hybridized carbons (Fsp3) is 0.452. The van der Waals surface area contributed by atoms with E-state index < -0.39 is 69.2 Å². The van der Waals surface area contributed by atoms with Crippen molar-refractivity contribution in [1.29, 1.82) is 0 Å². The highest BCUT2D eigenvalue weighted by Gasteiger charge is 2.46. The van der Waals surface area contributed by atoms with Crippen molar-refractivity contribution in [3.63, 3.8) is 0 Å².